The summed E-state index contributed by atoms with van der Waals surface area (Å²) in [5.74, 6) is -0.387. The van der Waals surface area contributed by atoms with Crippen molar-refractivity contribution in [2.45, 2.75) is 13.3 Å². The van der Waals surface area contributed by atoms with Gasteiger partial charge in [0, 0.05) is 12.5 Å². The fraction of sp³-hybridized carbons (Fsp3) is 0.333. The Morgan fingerprint density at radius 3 is 2.82 bits per heavy atom. The van der Waals surface area contributed by atoms with Gasteiger partial charge in [0.05, 0.1) is 6.61 Å². The molecule has 0 radical (unpaired) electrons. The molecule has 0 unspecified atom stereocenters. The van der Waals surface area contributed by atoms with E-state index in [4.69, 9.17) is 4.74 Å². The first-order valence-corrected chi connectivity index (χ1v) is 3.35. The second kappa shape index (κ2) is 5.51. The summed E-state index contributed by atoms with van der Waals surface area (Å²) in [6, 6.07) is 0. The van der Waals surface area contributed by atoms with E-state index in [0.717, 1.165) is 11.6 Å². The molecule has 0 saturated carbocycles. The highest BCUT2D eigenvalue weighted by Gasteiger charge is 1.94. The van der Waals surface area contributed by atoms with E-state index in [1.165, 1.54) is 0 Å². The van der Waals surface area contributed by atoms with Gasteiger partial charge in [-0.25, -0.2) is 4.79 Å². The number of hydrogen-bond acceptors (Lipinski definition) is 2. The van der Waals surface area contributed by atoms with Crippen LogP contribution in [0.5, 0.6) is 0 Å². The first-order chi connectivity index (χ1) is 5.20. The van der Waals surface area contributed by atoms with Gasteiger partial charge < -0.3 is 4.74 Å². The van der Waals surface area contributed by atoms with Gasteiger partial charge in [-0.1, -0.05) is 13.2 Å². The van der Waals surface area contributed by atoms with Crippen LogP contribution in [-0.4, -0.2) is 12.6 Å². The lowest BCUT2D eigenvalue weighted by molar-refractivity contribution is -0.137. The Hall–Kier alpha value is -1.27. The van der Waals surface area contributed by atoms with Crippen LogP contribution in [0.3, 0.4) is 0 Å². The Bertz CT molecular complexity index is 198. The van der Waals surface area contributed by atoms with E-state index in [1.54, 1.807) is 0 Å². The molecule has 0 aliphatic heterocycles. The number of ether oxygens (including phenoxy) is 1. The zero-order valence-electron chi connectivity index (χ0n) is 6.72. The molecule has 0 aromatic carbocycles. The topological polar surface area (TPSA) is 26.3 Å². The molecule has 0 bridgehead atoms. The van der Waals surface area contributed by atoms with Crippen molar-refractivity contribution in [1.29, 1.82) is 0 Å². The van der Waals surface area contributed by atoms with E-state index < -0.39 is 0 Å². The van der Waals surface area contributed by atoms with E-state index in [0.29, 0.717) is 13.0 Å². The molecule has 0 N–H and O–H groups in total. The zero-order chi connectivity index (χ0) is 8.69. The van der Waals surface area contributed by atoms with Crippen molar-refractivity contribution in [1.82, 2.24) is 0 Å². The molecule has 0 fully saturated rings. The molecule has 0 spiro atoms. The second-order valence-corrected chi connectivity index (χ2v) is 2.08. The quantitative estimate of drug-likeness (QED) is 0.349. The Morgan fingerprint density at radius 1 is 1.73 bits per heavy atom. The van der Waals surface area contributed by atoms with Crippen LogP contribution in [-0.2, 0) is 9.53 Å². The predicted octanol–water partition coefficient (Wildman–Crippen LogP) is 1.84. The van der Waals surface area contributed by atoms with Gasteiger partial charge in [0.25, 0.3) is 0 Å². The highest BCUT2D eigenvalue weighted by Crippen LogP contribution is 1.96. The molecule has 0 aromatic heterocycles. The molecule has 0 heterocycles. The summed E-state index contributed by atoms with van der Waals surface area (Å²) in [7, 11) is 0. The van der Waals surface area contributed by atoms with E-state index in [-0.39, 0.29) is 5.97 Å². The standard InChI is InChI=1S/C9H12O2/c1-4-8(3)6-7-11-9(10)5-2/h5H,1-2,6-7H2,3H3. The van der Waals surface area contributed by atoms with Gasteiger partial charge >= 0.3 is 5.97 Å². The van der Waals surface area contributed by atoms with Crippen LogP contribution in [0.15, 0.2) is 30.5 Å². The Balaban J connectivity index is 3.50. The first kappa shape index (κ1) is 9.73. The molecule has 0 aliphatic carbocycles. The third-order valence-corrected chi connectivity index (χ3v) is 1.19. The van der Waals surface area contributed by atoms with Gasteiger partial charge in [0.15, 0.2) is 0 Å². The molecule has 0 aliphatic rings. The largest absolute Gasteiger partial charge is 0.462 e. The number of rotatable bonds is 4. The number of carbonyl (C=O) groups is 1. The average Bonchev–Trinajstić information content (AvgIpc) is 2.04. The van der Waals surface area contributed by atoms with Gasteiger partial charge in [0.1, 0.15) is 0 Å². The SMILES string of the molecule is C=C=C(C)CCOC(=O)C=C. The summed E-state index contributed by atoms with van der Waals surface area (Å²) in [5, 5.41) is 0. The molecule has 0 aromatic rings. The minimum Gasteiger partial charge on any atom is -0.462 e. The number of esters is 1. The van der Waals surface area contributed by atoms with Crippen LogP contribution in [0.4, 0.5) is 0 Å². The number of carbonyl (C=O) groups excluding carboxylic acids is 1. The Morgan fingerprint density at radius 2 is 2.36 bits per heavy atom. The maximum Gasteiger partial charge on any atom is 0.330 e. The molecule has 0 atom stereocenters. The normalized spacial score (nSPS) is 8.09. The summed E-state index contributed by atoms with van der Waals surface area (Å²) < 4.78 is 4.72. The summed E-state index contributed by atoms with van der Waals surface area (Å²) in [5.41, 5.74) is 3.69. The summed E-state index contributed by atoms with van der Waals surface area (Å²) in [6.07, 6.45) is 1.83. The third-order valence-electron chi connectivity index (χ3n) is 1.19. The van der Waals surface area contributed by atoms with Crippen LogP contribution < -0.4 is 0 Å². The maximum absolute atomic E-state index is 10.5. The van der Waals surface area contributed by atoms with Crippen LogP contribution >= 0.6 is 0 Å². The smallest absolute Gasteiger partial charge is 0.330 e. The van der Waals surface area contributed by atoms with Gasteiger partial charge in [-0.3, -0.25) is 0 Å². The van der Waals surface area contributed by atoms with Crippen molar-refractivity contribution in [2.75, 3.05) is 6.61 Å². The van der Waals surface area contributed by atoms with E-state index in [2.05, 4.69) is 18.9 Å². The van der Waals surface area contributed by atoms with Crippen molar-refractivity contribution >= 4 is 5.97 Å². The van der Waals surface area contributed by atoms with E-state index in [9.17, 15) is 4.79 Å². The van der Waals surface area contributed by atoms with Crippen LogP contribution in [0.25, 0.3) is 0 Å². The van der Waals surface area contributed by atoms with Crippen LogP contribution in [0, 0.1) is 0 Å². The third kappa shape index (κ3) is 5.19. The lowest BCUT2D eigenvalue weighted by Gasteiger charge is -1.99. The lowest BCUT2D eigenvalue weighted by atomic mass is 10.2. The molecular weight excluding hydrogens is 140 g/mol. The molecular formula is C9H12O2. The monoisotopic (exact) mass is 152 g/mol. The summed E-state index contributed by atoms with van der Waals surface area (Å²) in [6.45, 7) is 8.98. The summed E-state index contributed by atoms with van der Waals surface area (Å²) in [4.78, 5) is 10.5. The molecule has 0 amide bonds. The van der Waals surface area contributed by atoms with Crippen molar-refractivity contribution in [2.24, 2.45) is 0 Å². The predicted molar refractivity (Wildman–Crippen MR) is 44.1 cm³/mol. The first-order valence-electron chi connectivity index (χ1n) is 3.35. The van der Waals surface area contributed by atoms with Gasteiger partial charge in [0.2, 0.25) is 0 Å². The lowest BCUT2D eigenvalue weighted by Crippen LogP contribution is -2.01. The molecule has 2 heteroatoms. The van der Waals surface area contributed by atoms with E-state index >= 15 is 0 Å². The summed E-state index contributed by atoms with van der Waals surface area (Å²) >= 11 is 0. The maximum atomic E-state index is 10.5. The molecule has 60 valence electrons. The fourth-order valence-corrected chi connectivity index (χ4v) is 0.452. The van der Waals surface area contributed by atoms with Crippen molar-refractivity contribution < 1.29 is 9.53 Å². The Kier molecular flexibility index (Phi) is 4.87. The van der Waals surface area contributed by atoms with Gasteiger partial charge in [-0.15, -0.1) is 5.73 Å². The highest BCUT2D eigenvalue weighted by molar-refractivity contribution is 5.81. The highest BCUT2D eigenvalue weighted by atomic mass is 16.5. The zero-order valence-corrected chi connectivity index (χ0v) is 6.72. The molecule has 0 rings (SSSR count). The fourth-order valence-electron chi connectivity index (χ4n) is 0.452. The minimum absolute atomic E-state index is 0.374. The van der Waals surface area contributed by atoms with Crippen molar-refractivity contribution in [3.63, 3.8) is 0 Å². The number of hydrogen-bond donors (Lipinski definition) is 0. The van der Waals surface area contributed by atoms with Crippen molar-refractivity contribution in [3.05, 3.63) is 30.5 Å². The molecule has 11 heavy (non-hydrogen) atoms. The van der Waals surface area contributed by atoms with Crippen LogP contribution in [0.2, 0.25) is 0 Å². The Labute approximate surface area is 66.9 Å². The van der Waals surface area contributed by atoms with Gasteiger partial charge in [-0.2, -0.15) is 0 Å². The van der Waals surface area contributed by atoms with Crippen LogP contribution in [0.1, 0.15) is 13.3 Å². The molecule has 0 saturated heterocycles. The van der Waals surface area contributed by atoms with Crippen molar-refractivity contribution in [3.8, 4) is 0 Å². The second-order valence-electron chi connectivity index (χ2n) is 2.08. The minimum atomic E-state index is -0.387. The molecule has 2 nitrogen and oxygen atoms in total. The average molecular weight is 152 g/mol. The van der Waals surface area contributed by atoms with Gasteiger partial charge in [-0.05, 0) is 12.5 Å². The van der Waals surface area contributed by atoms with E-state index in [1.807, 2.05) is 6.92 Å².